The van der Waals surface area contributed by atoms with Gasteiger partial charge in [0, 0.05) is 0 Å². The van der Waals surface area contributed by atoms with Gasteiger partial charge in [-0.15, -0.1) is 0 Å². The molecule has 158 valence electrons. The van der Waals surface area contributed by atoms with Crippen LogP contribution < -0.4 is 10.7 Å². The molecule has 3 aliphatic carbocycles. The Labute approximate surface area is 185 Å². The molecule has 6 nitrogen and oxygen atoms in total. The van der Waals surface area contributed by atoms with Gasteiger partial charge in [0.25, 0.3) is 20.0 Å². The third-order valence-corrected chi connectivity index (χ3v) is 7.76. The van der Waals surface area contributed by atoms with Crippen LogP contribution in [0, 0.1) is 0 Å². The quantitative estimate of drug-likeness (QED) is 0.411. The average molecular weight is 461 g/mol. The third-order valence-electron chi connectivity index (χ3n) is 5.12. The van der Waals surface area contributed by atoms with E-state index in [0.29, 0.717) is 10.7 Å². The Hall–Kier alpha value is -3.62. The Morgan fingerprint density at radius 1 is 0.438 bits per heavy atom. The highest BCUT2D eigenvalue weighted by Crippen LogP contribution is 2.45. The van der Waals surface area contributed by atoms with Crippen molar-refractivity contribution in [2.75, 3.05) is 0 Å². The second-order valence-corrected chi connectivity index (χ2v) is 10.4. The van der Waals surface area contributed by atoms with Crippen molar-refractivity contribution in [1.82, 2.24) is 0 Å². The maximum absolute atomic E-state index is 12.6. The van der Waals surface area contributed by atoms with Gasteiger partial charge in [-0.05, 0) is 70.8 Å². The summed E-state index contributed by atoms with van der Waals surface area (Å²) in [6.45, 7) is 0. The third kappa shape index (κ3) is 3.63. The summed E-state index contributed by atoms with van der Waals surface area (Å²) in [7, 11) is -7.66. The number of nitrogens with zero attached hydrogens (tertiary/aromatic N) is 2. The zero-order valence-corrected chi connectivity index (χ0v) is 18.2. The fraction of sp³-hybridized carbons (Fsp3) is 0. The van der Waals surface area contributed by atoms with Crippen molar-refractivity contribution in [3.63, 3.8) is 0 Å². The predicted molar refractivity (Wildman–Crippen MR) is 120 cm³/mol. The van der Waals surface area contributed by atoms with Gasteiger partial charge in [0.15, 0.2) is 0 Å². The maximum Gasteiger partial charge on any atom is 0.282 e. The molecule has 0 saturated heterocycles. The first-order valence-electron chi connectivity index (χ1n) is 9.68. The Bertz CT molecular complexity index is 1550. The largest absolute Gasteiger partial charge is 0.282 e. The SMILES string of the molecule is O=S(=O)(N=c1ccc2c3ccc(=NS(=O)(=O)c4ccccc4)cc-3c-2c1)c1ccccc1. The summed E-state index contributed by atoms with van der Waals surface area (Å²) in [6.07, 6.45) is 0. The van der Waals surface area contributed by atoms with E-state index in [0.717, 1.165) is 22.3 Å². The van der Waals surface area contributed by atoms with Crippen LogP contribution >= 0.6 is 0 Å². The number of hydrogen-bond donors (Lipinski definition) is 0. The molecular weight excluding hydrogens is 444 g/mol. The molecule has 0 aliphatic heterocycles. The van der Waals surface area contributed by atoms with Gasteiger partial charge in [-0.1, -0.05) is 48.5 Å². The van der Waals surface area contributed by atoms with E-state index in [1.54, 1.807) is 60.7 Å². The predicted octanol–water partition coefficient (Wildman–Crippen LogP) is 3.35. The van der Waals surface area contributed by atoms with Crippen molar-refractivity contribution in [2.45, 2.75) is 9.79 Å². The molecule has 5 rings (SSSR count). The van der Waals surface area contributed by atoms with Gasteiger partial charge in [-0.3, -0.25) is 0 Å². The van der Waals surface area contributed by atoms with Crippen molar-refractivity contribution < 1.29 is 16.8 Å². The van der Waals surface area contributed by atoms with Gasteiger partial charge >= 0.3 is 0 Å². The van der Waals surface area contributed by atoms with Crippen LogP contribution in [0.15, 0.2) is 116 Å². The number of hydrogen-bond acceptors (Lipinski definition) is 4. The second-order valence-electron chi connectivity index (χ2n) is 7.22. The van der Waals surface area contributed by atoms with Gasteiger partial charge in [0.1, 0.15) is 0 Å². The van der Waals surface area contributed by atoms with Crippen LogP contribution in [0.3, 0.4) is 0 Å². The Morgan fingerprint density at radius 2 is 0.812 bits per heavy atom. The molecule has 0 fully saturated rings. The van der Waals surface area contributed by atoms with Crippen LogP contribution in [-0.4, -0.2) is 16.8 Å². The molecule has 32 heavy (non-hydrogen) atoms. The van der Waals surface area contributed by atoms with E-state index in [1.807, 2.05) is 12.1 Å². The highest BCUT2D eigenvalue weighted by molar-refractivity contribution is 7.90. The van der Waals surface area contributed by atoms with E-state index in [9.17, 15) is 16.8 Å². The van der Waals surface area contributed by atoms with Gasteiger partial charge in [0.2, 0.25) is 0 Å². The first-order chi connectivity index (χ1) is 15.3. The highest BCUT2D eigenvalue weighted by atomic mass is 32.2. The second kappa shape index (κ2) is 7.51. The monoisotopic (exact) mass is 460 g/mol. The fourth-order valence-electron chi connectivity index (χ4n) is 3.60. The molecule has 0 heterocycles. The van der Waals surface area contributed by atoms with Crippen molar-refractivity contribution in [3.8, 4) is 22.3 Å². The van der Waals surface area contributed by atoms with E-state index < -0.39 is 20.0 Å². The molecule has 0 N–H and O–H groups in total. The van der Waals surface area contributed by atoms with E-state index >= 15 is 0 Å². The van der Waals surface area contributed by atoms with E-state index in [-0.39, 0.29) is 9.79 Å². The molecule has 0 aromatic heterocycles. The number of sulfonamides is 2. The maximum atomic E-state index is 12.6. The zero-order chi connectivity index (χ0) is 22.3. The molecule has 0 bridgehead atoms. The fourth-order valence-corrected chi connectivity index (χ4v) is 5.59. The molecule has 0 radical (unpaired) electrons. The molecule has 0 amide bonds. The summed E-state index contributed by atoms with van der Waals surface area (Å²) >= 11 is 0. The van der Waals surface area contributed by atoms with Gasteiger partial charge in [-0.25, -0.2) is 0 Å². The Morgan fingerprint density at radius 3 is 1.19 bits per heavy atom. The van der Waals surface area contributed by atoms with Crippen LogP contribution in [0.4, 0.5) is 0 Å². The lowest BCUT2D eigenvalue weighted by Gasteiger charge is -2.23. The summed E-state index contributed by atoms with van der Waals surface area (Å²) in [5, 5.41) is 0.606. The zero-order valence-electron chi connectivity index (χ0n) is 16.6. The first-order valence-corrected chi connectivity index (χ1v) is 12.6. The minimum absolute atomic E-state index is 0.121. The molecule has 0 unspecified atom stereocenters. The minimum Gasteiger partial charge on any atom is -0.199 e. The topological polar surface area (TPSA) is 93.0 Å². The summed E-state index contributed by atoms with van der Waals surface area (Å²) in [6, 6.07) is 26.3. The highest BCUT2D eigenvalue weighted by Gasteiger charge is 2.23. The molecular formula is C24H16N2O4S2. The lowest BCUT2D eigenvalue weighted by Crippen LogP contribution is -2.13. The molecule has 8 heteroatoms. The molecule has 2 aromatic rings. The van der Waals surface area contributed by atoms with Crippen molar-refractivity contribution in [1.29, 1.82) is 0 Å². The van der Waals surface area contributed by atoms with Crippen molar-refractivity contribution >= 4 is 20.0 Å². The summed E-state index contributed by atoms with van der Waals surface area (Å²) < 4.78 is 58.1. The summed E-state index contributed by atoms with van der Waals surface area (Å²) in [5.74, 6) is 0. The number of benzene rings is 4. The van der Waals surface area contributed by atoms with Gasteiger partial charge in [-0.2, -0.15) is 25.6 Å². The van der Waals surface area contributed by atoms with E-state index in [2.05, 4.69) is 8.80 Å². The molecule has 2 aromatic carbocycles. The Kier molecular flexibility index (Phi) is 4.76. The van der Waals surface area contributed by atoms with Crippen molar-refractivity contribution in [2.24, 2.45) is 8.80 Å². The summed E-state index contributed by atoms with van der Waals surface area (Å²) in [5.41, 5.74) is 3.51. The molecule has 3 aliphatic rings. The first kappa shape index (κ1) is 20.3. The van der Waals surface area contributed by atoms with Crippen molar-refractivity contribution in [3.05, 3.63) is 108 Å². The lowest BCUT2D eigenvalue weighted by molar-refractivity contribution is 0.595. The van der Waals surface area contributed by atoms with Crippen LogP contribution in [0.2, 0.25) is 0 Å². The summed E-state index contributed by atoms with van der Waals surface area (Å²) in [4.78, 5) is 0.241. The smallest absolute Gasteiger partial charge is 0.199 e. The van der Waals surface area contributed by atoms with Crippen LogP contribution in [-0.2, 0) is 20.0 Å². The van der Waals surface area contributed by atoms with Crippen LogP contribution in [0.5, 0.6) is 0 Å². The van der Waals surface area contributed by atoms with Crippen LogP contribution in [0.25, 0.3) is 22.3 Å². The van der Waals surface area contributed by atoms with E-state index in [4.69, 9.17) is 0 Å². The Balaban J connectivity index is 1.61. The van der Waals surface area contributed by atoms with Gasteiger partial charge < -0.3 is 0 Å². The van der Waals surface area contributed by atoms with Gasteiger partial charge in [0.05, 0.1) is 20.5 Å². The average Bonchev–Trinajstić information content (AvgIpc) is 2.79. The normalized spacial score (nSPS) is 13.9. The molecule has 0 saturated carbocycles. The van der Waals surface area contributed by atoms with E-state index in [1.165, 1.54) is 24.3 Å². The molecule has 0 atom stereocenters. The minimum atomic E-state index is -3.83. The standard InChI is InChI=1S/C24H16N2O4S2/c27-31(28,19-7-3-1-4-8-19)25-17-11-13-21-22-14-12-18(16-24(22)23(21)15-17)26-32(29,30)20-9-5-2-6-10-20/h1-16H. The van der Waals surface area contributed by atoms with Crippen LogP contribution in [0.1, 0.15) is 0 Å². The lowest BCUT2D eigenvalue weighted by atomic mass is 9.81. The number of fused-ring (bicyclic) bond motifs is 4. The number of rotatable bonds is 4. The molecule has 0 spiro atoms.